The lowest BCUT2D eigenvalue weighted by atomic mass is 9.81. The Morgan fingerprint density at radius 3 is 1.65 bits per heavy atom. The maximum Gasteiger partial charge on any atom is 0.290 e. The van der Waals surface area contributed by atoms with Crippen LogP contribution in [0.4, 0.5) is 5.69 Å². The normalized spacial score (nSPS) is 12.0. The average molecular weight is 546 g/mol. The van der Waals surface area contributed by atoms with Gasteiger partial charge in [0.05, 0.1) is 17.4 Å². The maximum atomic E-state index is 13.1. The molecule has 0 spiro atoms. The van der Waals surface area contributed by atoms with Crippen molar-refractivity contribution >= 4 is 18.1 Å². The fourth-order valence-corrected chi connectivity index (χ4v) is 5.07. The van der Waals surface area contributed by atoms with Gasteiger partial charge >= 0.3 is 0 Å². The van der Waals surface area contributed by atoms with Crippen molar-refractivity contribution in [3.05, 3.63) is 75.3 Å². The quantitative estimate of drug-likeness (QED) is 0.303. The minimum absolute atomic E-state index is 0.0156. The van der Waals surface area contributed by atoms with Gasteiger partial charge in [0.2, 0.25) is 5.91 Å². The molecule has 2 N–H and O–H groups in total. The molecule has 0 aliphatic carbocycles. The summed E-state index contributed by atoms with van der Waals surface area (Å²) < 4.78 is 6.55. The number of aryl methyl sites for hydroxylation is 4. The standard InChI is InChI=1S/C34H45NO2.CH2O2/c1-19(2)33(36)35-32-25(8)29(26(9)37-34(10,11)12)30(27-15-13-20(3)22(5)17-27)24(7)31(32)28-16-14-21(4)23(6)18-28;2-1-3/h13-19,26H,1-12H3,(H,35,36);1H,(H,2,3). The fraction of sp³-hybridized carbons (Fsp3) is 0.429. The van der Waals surface area contributed by atoms with Crippen LogP contribution < -0.4 is 5.32 Å². The van der Waals surface area contributed by atoms with Crippen molar-refractivity contribution in [3.63, 3.8) is 0 Å². The molecule has 3 aromatic carbocycles. The van der Waals surface area contributed by atoms with E-state index in [1.165, 1.54) is 33.4 Å². The molecule has 0 aliphatic rings. The van der Waals surface area contributed by atoms with E-state index < -0.39 is 0 Å². The third-order valence-corrected chi connectivity index (χ3v) is 7.35. The molecule has 40 heavy (non-hydrogen) atoms. The van der Waals surface area contributed by atoms with Gasteiger partial charge in [-0.25, -0.2) is 0 Å². The number of carbonyl (C=O) groups is 2. The lowest BCUT2D eigenvalue weighted by Crippen LogP contribution is -2.24. The number of nitrogens with one attached hydrogen (secondary N) is 1. The molecule has 0 bridgehead atoms. The molecule has 0 radical (unpaired) electrons. The molecule has 1 amide bonds. The first-order chi connectivity index (χ1) is 18.5. The van der Waals surface area contributed by atoms with Gasteiger partial charge in [-0.1, -0.05) is 50.2 Å². The van der Waals surface area contributed by atoms with Gasteiger partial charge in [0, 0.05) is 11.5 Å². The minimum Gasteiger partial charge on any atom is -0.483 e. The highest BCUT2D eigenvalue weighted by atomic mass is 16.5. The van der Waals surface area contributed by atoms with E-state index in [-0.39, 0.29) is 30.0 Å². The summed E-state index contributed by atoms with van der Waals surface area (Å²) in [6.07, 6.45) is -0.168. The zero-order valence-corrected chi connectivity index (χ0v) is 26.4. The molecule has 1 atom stereocenters. The Morgan fingerprint density at radius 2 is 1.25 bits per heavy atom. The maximum absolute atomic E-state index is 13.1. The van der Waals surface area contributed by atoms with E-state index >= 15 is 0 Å². The second-order valence-corrected chi connectivity index (χ2v) is 12.0. The largest absolute Gasteiger partial charge is 0.483 e. The first-order valence-corrected chi connectivity index (χ1v) is 13.9. The van der Waals surface area contributed by atoms with E-state index in [4.69, 9.17) is 14.6 Å². The number of rotatable bonds is 6. The van der Waals surface area contributed by atoms with Crippen molar-refractivity contribution in [1.82, 2.24) is 0 Å². The molecule has 0 saturated heterocycles. The van der Waals surface area contributed by atoms with Gasteiger partial charge < -0.3 is 15.2 Å². The van der Waals surface area contributed by atoms with Crippen LogP contribution in [0.25, 0.3) is 22.3 Å². The number of benzene rings is 3. The molecule has 1 unspecified atom stereocenters. The number of ether oxygens (including phenoxy) is 1. The van der Waals surface area contributed by atoms with Crippen LogP contribution in [0.15, 0.2) is 36.4 Å². The van der Waals surface area contributed by atoms with E-state index in [9.17, 15) is 4.79 Å². The lowest BCUT2D eigenvalue weighted by molar-refractivity contribution is -0.123. The summed E-state index contributed by atoms with van der Waals surface area (Å²) in [5.74, 6) is -0.111. The van der Waals surface area contributed by atoms with Gasteiger partial charge in [-0.05, 0) is 125 Å². The number of hydrogen-bond donors (Lipinski definition) is 2. The van der Waals surface area contributed by atoms with Crippen LogP contribution in [-0.4, -0.2) is 23.1 Å². The van der Waals surface area contributed by atoms with Gasteiger partial charge in [0.1, 0.15) is 0 Å². The second kappa shape index (κ2) is 13.3. The van der Waals surface area contributed by atoms with Crippen molar-refractivity contribution in [1.29, 1.82) is 0 Å². The number of carbonyl (C=O) groups excluding carboxylic acids is 1. The Hall–Kier alpha value is -3.44. The van der Waals surface area contributed by atoms with Gasteiger partial charge in [0.25, 0.3) is 6.47 Å². The van der Waals surface area contributed by atoms with Crippen molar-refractivity contribution in [3.8, 4) is 22.3 Å². The summed E-state index contributed by atoms with van der Waals surface area (Å²) in [5, 5.41) is 10.2. The molecule has 5 heteroatoms. The molecule has 216 valence electrons. The summed E-state index contributed by atoms with van der Waals surface area (Å²) >= 11 is 0. The van der Waals surface area contributed by atoms with E-state index in [0.717, 1.165) is 33.5 Å². The fourth-order valence-electron chi connectivity index (χ4n) is 5.07. The topological polar surface area (TPSA) is 75.6 Å². The SMILES string of the molecule is Cc1ccc(-c2c(C)c(-c3ccc(C)c(C)c3)c(C(C)OC(C)(C)C)c(C)c2NC(=O)C(C)C)cc1C.O=CO. The highest BCUT2D eigenvalue weighted by Crippen LogP contribution is 2.47. The molecule has 0 aromatic heterocycles. The molecular weight excluding hydrogens is 498 g/mol. The predicted octanol–water partition coefficient (Wildman–Crippen LogP) is 9.04. The van der Waals surface area contributed by atoms with Crippen molar-refractivity contribution < 1.29 is 19.4 Å². The molecule has 0 fully saturated rings. The molecule has 3 rings (SSSR count). The number of hydrogen-bond acceptors (Lipinski definition) is 3. The zero-order valence-electron chi connectivity index (χ0n) is 26.4. The Labute approximate surface area is 241 Å². The van der Waals surface area contributed by atoms with E-state index in [1.807, 2.05) is 13.8 Å². The predicted molar refractivity (Wildman–Crippen MR) is 167 cm³/mol. The second-order valence-electron chi connectivity index (χ2n) is 12.0. The molecule has 5 nitrogen and oxygen atoms in total. The first-order valence-electron chi connectivity index (χ1n) is 13.9. The van der Waals surface area contributed by atoms with Gasteiger partial charge in [-0.3, -0.25) is 9.59 Å². The van der Waals surface area contributed by atoms with Crippen molar-refractivity contribution in [2.45, 2.75) is 94.8 Å². The van der Waals surface area contributed by atoms with Gasteiger partial charge in [-0.15, -0.1) is 0 Å². The van der Waals surface area contributed by atoms with Crippen LogP contribution in [0.3, 0.4) is 0 Å². The van der Waals surface area contributed by atoms with Crippen LogP contribution in [0, 0.1) is 47.5 Å². The van der Waals surface area contributed by atoms with Crippen LogP contribution in [0.5, 0.6) is 0 Å². The number of anilines is 1. The third kappa shape index (κ3) is 7.60. The summed E-state index contributed by atoms with van der Waals surface area (Å²) in [6, 6.07) is 13.3. The summed E-state index contributed by atoms with van der Waals surface area (Å²) in [5.41, 5.74) is 13.5. The lowest BCUT2D eigenvalue weighted by Gasteiger charge is -2.32. The van der Waals surface area contributed by atoms with Gasteiger partial charge in [-0.2, -0.15) is 0 Å². The van der Waals surface area contributed by atoms with Crippen LogP contribution in [-0.2, 0) is 14.3 Å². The Morgan fingerprint density at radius 1 is 0.800 bits per heavy atom. The van der Waals surface area contributed by atoms with Gasteiger partial charge in [0.15, 0.2) is 0 Å². The highest BCUT2D eigenvalue weighted by molar-refractivity contribution is 6.01. The van der Waals surface area contributed by atoms with Crippen molar-refractivity contribution in [2.75, 3.05) is 5.32 Å². The smallest absolute Gasteiger partial charge is 0.290 e. The third-order valence-electron chi connectivity index (χ3n) is 7.35. The monoisotopic (exact) mass is 545 g/mol. The van der Waals surface area contributed by atoms with Crippen LogP contribution >= 0.6 is 0 Å². The summed E-state index contributed by atoms with van der Waals surface area (Å²) in [7, 11) is 0. The van der Waals surface area contributed by atoms with E-state index in [0.29, 0.717) is 0 Å². The summed E-state index contributed by atoms with van der Waals surface area (Å²) in [4.78, 5) is 21.4. The van der Waals surface area contributed by atoms with E-state index in [2.05, 4.69) is 111 Å². The number of carboxylic acid groups (broad SMARTS) is 1. The first kappa shape index (κ1) is 32.8. The molecule has 0 heterocycles. The highest BCUT2D eigenvalue weighted by Gasteiger charge is 2.28. The molecule has 0 saturated carbocycles. The summed E-state index contributed by atoms with van der Waals surface area (Å²) in [6.45, 7) is 24.9. The Bertz CT molecular complexity index is 1380. The van der Waals surface area contributed by atoms with Crippen LogP contribution in [0.1, 0.15) is 86.6 Å². The molecule has 0 aliphatic heterocycles. The number of amides is 1. The van der Waals surface area contributed by atoms with Crippen LogP contribution in [0.2, 0.25) is 0 Å². The van der Waals surface area contributed by atoms with Crippen molar-refractivity contribution in [2.24, 2.45) is 5.92 Å². The van der Waals surface area contributed by atoms with E-state index in [1.54, 1.807) is 0 Å². The zero-order chi connectivity index (χ0) is 30.5. The molecule has 3 aromatic rings. The molecular formula is C35H47NO4. The average Bonchev–Trinajstić information content (AvgIpc) is 2.84. The Balaban J connectivity index is 0.00000178. The minimum atomic E-state index is -0.311. The Kier molecular flexibility index (Phi) is 10.9.